The van der Waals surface area contributed by atoms with E-state index in [9.17, 15) is 4.79 Å². The molecule has 1 saturated heterocycles. The van der Waals surface area contributed by atoms with Gasteiger partial charge in [0.25, 0.3) is 0 Å². The highest BCUT2D eigenvalue weighted by Crippen LogP contribution is 2.26. The number of fused-ring (bicyclic) bond motifs is 1. The lowest BCUT2D eigenvalue weighted by molar-refractivity contribution is -0.133. The molecule has 6 nitrogen and oxygen atoms in total. The Morgan fingerprint density at radius 2 is 1.70 bits per heavy atom. The summed E-state index contributed by atoms with van der Waals surface area (Å²) in [5.41, 5.74) is 4.54. The topological polar surface area (TPSA) is 50.9 Å². The van der Waals surface area contributed by atoms with Crippen molar-refractivity contribution in [3.05, 3.63) is 106 Å². The summed E-state index contributed by atoms with van der Waals surface area (Å²) < 4.78 is 15.1. The number of benzene rings is 3. The predicted octanol–water partition coefficient (Wildman–Crippen LogP) is 5.31. The maximum atomic E-state index is 15.1. The molecule has 2 heterocycles. The number of amides is 1. The van der Waals surface area contributed by atoms with Gasteiger partial charge in [-0.2, -0.15) is 0 Å². The van der Waals surface area contributed by atoms with Crippen LogP contribution < -0.4 is 10.6 Å². The summed E-state index contributed by atoms with van der Waals surface area (Å²) in [5, 5.41) is 7.99. The van der Waals surface area contributed by atoms with Gasteiger partial charge in [-0.25, -0.2) is 4.39 Å². The van der Waals surface area contributed by atoms with E-state index in [1.807, 2.05) is 41.3 Å². The van der Waals surface area contributed by atoms with Crippen molar-refractivity contribution in [2.45, 2.75) is 57.8 Å². The van der Waals surface area contributed by atoms with E-state index in [4.69, 9.17) is 11.6 Å². The molecule has 3 aromatic carbocycles. The number of hydrogen-bond donors (Lipinski definition) is 2. The highest BCUT2D eigenvalue weighted by atomic mass is 35.5. The predicted molar refractivity (Wildman–Crippen MR) is 177 cm³/mol. The van der Waals surface area contributed by atoms with Crippen LogP contribution in [0.4, 0.5) is 4.39 Å². The van der Waals surface area contributed by atoms with Crippen molar-refractivity contribution < 1.29 is 9.18 Å². The molecule has 0 bridgehead atoms. The van der Waals surface area contributed by atoms with E-state index in [1.165, 1.54) is 11.1 Å². The molecule has 5 rings (SSSR count). The zero-order valence-corrected chi connectivity index (χ0v) is 26.9. The number of likely N-dealkylation sites (N-methyl/N-ethyl adjacent to an activating group) is 1. The molecule has 44 heavy (non-hydrogen) atoms. The van der Waals surface area contributed by atoms with E-state index in [1.54, 1.807) is 12.1 Å². The van der Waals surface area contributed by atoms with Gasteiger partial charge in [-0.3, -0.25) is 9.69 Å². The van der Waals surface area contributed by atoms with Crippen LogP contribution in [0.25, 0.3) is 0 Å². The second-order valence-electron chi connectivity index (χ2n) is 12.1. The standard InChI is InChI=1S/C36H47ClFN5O/c1-3-41(4-2)26-35(32-12-7-8-13-33(32)38)42-18-9-19-43(21-20-42)36(44)34(22-27-14-16-30(37)17-15-27)40-25-31-23-28-10-5-6-11-29(28)24-39-31/h5-8,10-17,31,34-35,39-40H,3-4,9,18-26H2,1-2H3/t31-,34-,35?/m1/s1. The minimum Gasteiger partial charge on any atom is -0.340 e. The summed E-state index contributed by atoms with van der Waals surface area (Å²) in [5.74, 6) is -0.0304. The van der Waals surface area contributed by atoms with Crippen LogP contribution in [0.3, 0.4) is 0 Å². The minimum atomic E-state index is -0.347. The van der Waals surface area contributed by atoms with Crippen molar-refractivity contribution in [1.82, 2.24) is 25.3 Å². The molecule has 0 radical (unpaired) electrons. The summed E-state index contributed by atoms with van der Waals surface area (Å²) in [6.07, 6.45) is 2.39. The van der Waals surface area contributed by atoms with Gasteiger partial charge < -0.3 is 20.4 Å². The fourth-order valence-electron chi connectivity index (χ4n) is 6.62. The number of carbonyl (C=O) groups excluding carboxylic acids is 1. The Morgan fingerprint density at radius 3 is 2.45 bits per heavy atom. The van der Waals surface area contributed by atoms with Crippen molar-refractivity contribution >= 4 is 17.5 Å². The quantitative estimate of drug-likeness (QED) is 0.288. The number of halogens is 2. The van der Waals surface area contributed by atoms with Crippen LogP contribution in [0.2, 0.25) is 5.02 Å². The number of rotatable bonds is 12. The highest BCUT2D eigenvalue weighted by Gasteiger charge is 2.31. The third-order valence-corrected chi connectivity index (χ3v) is 9.55. The molecular formula is C36H47ClFN5O. The van der Waals surface area contributed by atoms with Gasteiger partial charge in [-0.05, 0) is 67.2 Å². The van der Waals surface area contributed by atoms with Crippen LogP contribution in [-0.4, -0.2) is 85.0 Å². The van der Waals surface area contributed by atoms with Gasteiger partial charge in [0.05, 0.1) is 12.1 Å². The van der Waals surface area contributed by atoms with Crippen LogP contribution in [0.1, 0.15) is 48.6 Å². The average Bonchev–Trinajstić information content (AvgIpc) is 3.31. The maximum Gasteiger partial charge on any atom is 0.240 e. The van der Waals surface area contributed by atoms with Crippen molar-refractivity contribution in [1.29, 1.82) is 0 Å². The van der Waals surface area contributed by atoms with E-state index < -0.39 is 0 Å². The second kappa shape index (κ2) is 16.0. The summed E-state index contributed by atoms with van der Waals surface area (Å²) in [4.78, 5) is 21.0. The first-order chi connectivity index (χ1) is 21.4. The summed E-state index contributed by atoms with van der Waals surface area (Å²) in [6, 6.07) is 23.4. The summed E-state index contributed by atoms with van der Waals surface area (Å²) >= 11 is 6.17. The Bertz CT molecular complexity index is 1350. The van der Waals surface area contributed by atoms with Crippen LogP contribution >= 0.6 is 11.6 Å². The molecule has 3 aromatic rings. The largest absolute Gasteiger partial charge is 0.340 e. The third-order valence-electron chi connectivity index (χ3n) is 9.30. The van der Waals surface area contributed by atoms with E-state index in [0.717, 1.165) is 56.7 Å². The Morgan fingerprint density at radius 1 is 0.977 bits per heavy atom. The number of nitrogens with one attached hydrogen (secondary N) is 2. The summed E-state index contributed by atoms with van der Waals surface area (Å²) in [7, 11) is 0. The van der Waals surface area contributed by atoms with Crippen LogP contribution in [0.5, 0.6) is 0 Å². The molecule has 2 N–H and O–H groups in total. The SMILES string of the molecule is CCN(CC)CC(c1ccccc1F)N1CCCN(C(=O)[C@@H](Cc2ccc(Cl)cc2)NC[C@H]2Cc3ccccc3CN2)CC1. The first-order valence-electron chi connectivity index (χ1n) is 16.2. The molecule has 3 atom stereocenters. The average molecular weight is 620 g/mol. The second-order valence-corrected chi connectivity index (χ2v) is 12.5. The fraction of sp³-hybridized carbons (Fsp3) is 0.472. The zero-order chi connectivity index (χ0) is 30.9. The van der Waals surface area contributed by atoms with Crippen molar-refractivity contribution in [3.8, 4) is 0 Å². The molecule has 1 unspecified atom stereocenters. The third kappa shape index (κ3) is 8.46. The van der Waals surface area contributed by atoms with Gasteiger partial charge in [0.2, 0.25) is 5.91 Å². The van der Waals surface area contributed by atoms with Crippen LogP contribution in [-0.2, 0) is 24.2 Å². The first-order valence-corrected chi connectivity index (χ1v) is 16.6. The molecule has 0 aliphatic carbocycles. The normalized spacial score (nSPS) is 18.9. The lowest BCUT2D eigenvalue weighted by Gasteiger charge is -2.35. The number of nitrogens with zero attached hydrogens (tertiary/aromatic N) is 3. The smallest absolute Gasteiger partial charge is 0.240 e. The highest BCUT2D eigenvalue weighted by molar-refractivity contribution is 6.30. The molecular weight excluding hydrogens is 573 g/mol. The van der Waals surface area contributed by atoms with Crippen LogP contribution in [0, 0.1) is 5.82 Å². The molecule has 236 valence electrons. The molecule has 0 saturated carbocycles. The molecule has 2 aliphatic rings. The number of hydrogen-bond acceptors (Lipinski definition) is 5. The Balaban J connectivity index is 1.28. The van der Waals surface area contributed by atoms with E-state index >= 15 is 4.39 Å². The molecule has 1 amide bonds. The van der Waals surface area contributed by atoms with Gasteiger partial charge in [-0.15, -0.1) is 0 Å². The lowest BCUT2D eigenvalue weighted by Crippen LogP contribution is -2.53. The zero-order valence-electron chi connectivity index (χ0n) is 26.2. The molecule has 0 spiro atoms. The maximum absolute atomic E-state index is 15.1. The molecule has 2 aliphatic heterocycles. The van der Waals surface area contributed by atoms with Crippen molar-refractivity contribution in [2.24, 2.45) is 0 Å². The van der Waals surface area contributed by atoms with Crippen molar-refractivity contribution in [2.75, 3.05) is 52.4 Å². The Labute approximate surface area is 267 Å². The minimum absolute atomic E-state index is 0.0607. The summed E-state index contributed by atoms with van der Waals surface area (Å²) in [6.45, 7) is 11.3. The van der Waals surface area contributed by atoms with Gasteiger partial charge in [0.15, 0.2) is 0 Å². The fourth-order valence-corrected chi connectivity index (χ4v) is 6.75. The van der Waals surface area contributed by atoms with Crippen LogP contribution in [0.15, 0.2) is 72.8 Å². The van der Waals surface area contributed by atoms with Gasteiger partial charge in [-0.1, -0.05) is 80.0 Å². The lowest BCUT2D eigenvalue weighted by atomic mass is 9.95. The number of carbonyl (C=O) groups is 1. The van der Waals surface area contributed by atoms with Crippen molar-refractivity contribution in [3.63, 3.8) is 0 Å². The van der Waals surface area contributed by atoms with Gasteiger partial charge >= 0.3 is 0 Å². The van der Waals surface area contributed by atoms with E-state index in [0.29, 0.717) is 37.6 Å². The molecule has 1 fully saturated rings. The van der Waals surface area contributed by atoms with Gasteiger partial charge in [0.1, 0.15) is 5.82 Å². The monoisotopic (exact) mass is 619 g/mol. The Kier molecular flexibility index (Phi) is 11.8. The first kappa shape index (κ1) is 32.6. The Hall–Kier alpha value is -2.81. The molecule has 8 heteroatoms. The van der Waals surface area contributed by atoms with E-state index in [-0.39, 0.29) is 29.8 Å². The van der Waals surface area contributed by atoms with E-state index in [2.05, 4.69) is 58.5 Å². The molecule has 0 aromatic heterocycles. The van der Waals surface area contributed by atoms with Gasteiger partial charge in [0, 0.05) is 62.4 Å².